The molecule has 0 saturated heterocycles. The number of amides is 1. The number of nitriles is 1. The van der Waals surface area contributed by atoms with E-state index in [1.807, 2.05) is 6.07 Å². The second kappa shape index (κ2) is 10.9. The highest BCUT2D eigenvalue weighted by atomic mass is 79.9. The Morgan fingerprint density at radius 3 is 2.38 bits per heavy atom. The minimum Gasteiger partial charge on any atom is -0.479 e. The van der Waals surface area contributed by atoms with Crippen LogP contribution < -0.4 is 10.1 Å². The molecule has 0 saturated carbocycles. The van der Waals surface area contributed by atoms with E-state index in [2.05, 4.69) is 21.2 Å². The first-order chi connectivity index (χ1) is 13.8. The quantitative estimate of drug-likeness (QED) is 0.321. The van der Waals surface area contributed by atoms with Crippen LogP contribution >= 0.6 is 39.1 Å². The van der Waals surface area contributed by atoms with Gasteiger partial charge in [-0.15, -0.1) is 0 Å². The van der Waals surface area contributed by atoms with E-state index in [4.69, 9.17) is 32.7 Å². The summed E-state index contributed by atoms with van der Waals surface area (Å²) < 4.78 is 10.9. The van der Waals surface area contributed by atoms with E-state index < -0.39 is 11.9 Å². The highest BCUT2D eigenvalue weighted by molar-refractivity contribution is 9.10. The molecule has 0 bridgehead atoms. The van der Waals surface area contributed by atoms with Gasteiger partial charge in [0.05, 0.1) is 16.7 Å². The summed E-state index contributed by atoms with van der Waals surface area (Å²) in [6, 6.07) is 11.7. The molecule has 29 heavy (non-hydrogen) atoms. The number of halogens is 3. The Morgan fingerprint density at radius 2 is 1.83 bits per heavy atom. The molecule has 0 atom stereocenters. The number of ether oxygens (including phenoxy) is 2. The zero-order valence-corrected chi connectivity index (χ0v) is 18.3. The summed E-state index contributed by atoms with van der Waals surface area (Å²) in [7, 11) is 0. The van der Waals surface area contributed by atoms with Gasteiger partial charge in [0.2, 0.25) is 0 Å². The van der Waals surface area contributed by atoms with Gasteiger partial charge in [-0.1, -0.05) is 39.1 Å². The fourth-order valence-electron chi connectivity index (χ4n) is 2.18. The predicted molar refractivity (Wildman–Crippen MR) is 115 cm³/mol. The molecule has 2 aromatic carbocycles. The molecule has 0 aliphatic heterocycles. The summed E-state index contributed by atoms with van der Waals surface area (Å²) in [6.07, 6.45) is 1.35. The number of esters is 1. The Kier molecular flexibility index (Phi) is 8.52. The minimum absolute atomic E-state index is 0.108. The summed E-state index contributed by atoms with van der Waals surface area (Å²) in [5, 5.41) is 12.2. The zero-order valence-electron chi connectivity index (χ0n) is 15.2. The standard InChI is InChI=1S/C20H15BrCl2N2O4/c1-2-28-18(26)11-29-19-16(22)8-12(9-17(19)23)7-13(10-24)20(27)25-15-5-3-14(21)4-6-15/h3-9H,2,11H2,1H3,(H,25,27)/b13-7-. The van der Waals surface area contributed by atoms with Crippen LogP contribution in [0.5, 0.6) is 5.75 Å². The Labute approximate surface area is 186 Å². The van der Waals surface area contributed by atoms with Gasteiger partial charge < -0.3 is 14.8 Å². The van der Waals surface area contributed by atoms with Crippen LogP contribution in [0.2, 0.25) is 10.0 Å². The summed E-state index contributed by atoms with van der Waals surface area (Å²) >= 11 is 15.6. The van der Waals surface area contributed by atoms with Crippen LogP contribution in [0.4, 0.5) is 5.69 Å². The van der Waals surface area contributed by atoms with Crippen molar-refractivity contribution in [2.45, 2.75) is 6.92 Å². The molecule has 150 valence electrons. The maximum Gasteiger partial charge on any atom is 0.344 e. The normalized spacial score (nSPS) is 10.8. The molecule has 0 aromatic heterocycles. The first kappa shape index (κ1) is 22.8. The van der Waals surface area contributed by atoms with Gasteiger partial charge in [-0.05, 0) is 55.0 Å². The van der Waals surface area contributed by atoms with Crippen molar-refractivity contribution in [2.75, 3.05) is 18.5 Å². The topological polar surface area (TPSA) is 88.4 Å². The fourth-order valence-corrected chi connectivity index (χ4v) is 3.06. The van der Waals surface area contributed by atoms with Gasteiger partial charge in [0.15, 0.2) is 12.4 Å². The molecular weight excluding hydrogens is 483 g/mol. The van der Waals surface area contributed by atoms with E-state index in [1.54, 1.807) is 31.2 Å². The van der Waals surface area contributed by atoms with Crippen molar-refractivity contribution < 1.29 is 19.1 Å². The summed E-state index contributed by atoms with van der Waals surface area (Å²) in [5.74, 6) is -1.03. The molecule has 0 unspecified atom stereocenters. The van der Waals surface area contributed by atoms with Gasteiger partial charge in [0, 0.05) is 10.2 Å². The van der Waals surface area contributed by atoms with Crippen molar-refractivity contribution in [1.29, 1.82) is 5.26 Å². The number of carbonyl (C=O) groups excluding carboxylic acids is 2. The lowest BCUT2D eigenvalue weighted by atomic mass is 10.1. The van der Waals surface area contributed by atoms with Crippen LogP contribution in [0.25, 0.3) is 6.08 Å². The number of carbonyl (C=O) groups is 2. The molecule has 1 N–H and O–H groups in total. The van der Waals surface area contributed by atoms with Crippen LogP contribution in [0.15, 0.2) is 46.4 Å². The number of hydrogen-bond acceptors (Lipinski definition) is 5. The Bertz CT molecular complexity index is 962. The third kappa shape index (κ3) is 6.79. The van der Waals surface area contributed by atoms with Gasteiger partial charge in [0.25, 0.3) is 5.91 Å². The summed E-state index contributed by atoms with van der Waals surface area (Å²) in [4.78, 5) is 23.8. The molecule has 0 aliphatic carbocycles. The zero-order chi connectivity index (χ0) is 21.4. The Hall–Kier alpha value is -2.53. The SMILES string of the molecule is CCOC(=O)COc1c(Cl)cc(/C=C(/C#N)C(=O)Nc2ccc(Br)cc2)cc1Cl. The molecule has 2 rings (SSSR count). The lowest BCUT2D eigenvalue weighted by Gasteiger charge is -2.10. The van der Waals surface area contributed by atoms with Crippen molar-refractivity contribution >= 4 is 62.8 Å². The fraction of sp³-hybridized carbons (Fsp3) is 0.150. The van der Waals surface area contributed by atoms with Crippen molar-refractivity contribution in [3.05, 3.63) is 62.1 Å². The largest absolute Gasteiger partial charge is 0.479 e. The minimum atomic E-state index is -0.579. The highest BCUT2D eigenvalue weighted by Crippen LogP contribution is 2.35. The Balaban J connectivity index is 2.18. The van der Waals surface area contributed by atoms with Crippen molar-refractivity contribution in [2.24, 2.45) is 0 Å². The van der Waals surface area contributed by atoms with Gasteiger partial charge in [-0.25, -0.2) is 4.79 Å². The van der Waals surface area contributed by atoms with Crippen LogP contribution in [0, 0.1) is 11.3 Å². The first-order valence-corrected chi connectivity index (χ1v) is 9.85. The first-order valence-electron chi connectivity index (χ1n) is 8.30. The van der Waals surface area contributed by atoms with Gasteiger partial charge in [0.1, 0.15) is 11.6 Å². The molecule has 0 aliphatic rings. The maximum absolute atomic E-state index is 12.4. The molecule has 9 heteroatoms. The van der Waals surface area contributed by atoms with Gasteiger partial charge in [-0.2, -0.15) is 5.26 Å². The summed E-state index contributed by atoms with van der Waals surface area (Å²) in [6.45, 7) is 1.56. The van der Waals surface area contributed by atoms with Crippen molar-refractivity contribution in [3.63, 3.8) is 0 Å². The molecule has 0 fully saturated rings. The Morgan fingerprint density at radius 1 is 1.21 bits per heavy atom. The molecule has 0 radical (unpaired) electrons. The molecular formula is C20H15BrCl2N2O4. The molecule has 6 nitrogen and oxygen atoms in total. The van der Waals surface area contributed by atoms with E-state index in [1.165, 1.54) is 18.2 Å². The average molecular weight is 498 g/mol. The number of nitrogens with one attached hydrogen (secondary N) is 1. The van der Waals surface area contributed by atoms with Gasteiger partial charge in [-0.3, -0.25) is 4.79 Å². The van der Waals surface area contributed by atoms with E-state index in [9.17, 15) is 14.9 Å². The smallest absolute Gasteiger partial charge is 0.344 e. The van der Waals surface area contributed by atoms with Crippen molar-refractivity contribution in [1.82, 2.24) is 0 Å². The van der Waals surface area contributed by atoms with Crippen LogP contribution in [-0.4, -0.2) is 25.1 Å². The highest BCUT2D eigenvalue weighted by Gasteiger charge is 2.14. The second-order valence-corrected chi connectivity index (χ2v) is 7.27. The molecule has 2 aromatic rings. The lowest BCUT2D eigenvalue weighted by molar-refractivity contribution is -0.145. The molecule has 0 spiro atoms. The predicted octanol–water partition coefficient (Wildman–Crippen LogP) is 5.24. The molecule has 0 heterocycles. The number of hydrogen-bond donors (Lipinski definition) is 1. The summed E-state index contributed by atoms with van der Waals surface area (Å²) in [5.41, 5.74) is 0.823. The van der Waals surface area contributed by atoms with Gasteiger partial charge >= 0.3 is 5.97 Å². The maximum atomic E-state index is 12.4. The number of benzene rings is 2. The number of nitrogens with zero attached hydrogens (tertiary/aromatic N) is 1. The van der Waals surface area contributed by atoms with Crippen LogP contribution in [-0.2, 0) is 14.3 Å². The average Bonchev–Trinajstić information content (AvgIpc) is 2.67. The van der Waals surface area contributed by atoms with Crippen LogP contribution in [0.1, 0.15) is 12.5 Å². The monoisotopic (exact) mass is 496 g/mol. The van der Waals surface area contributed by atoms with Crippen LogP contribution in [0.3, 0.4) is 0 Å². The second-order valence-electron chi connectivity index (χ2n) is 5.54. The van der Waals surface area contributed by atoms with Crippen molar-refractivity contribution in [3.8, 4) is 11.8 Å². The number of anilines is 1. The van der Waals surface area contributed by atoms with E-state index in [0.29, 0.717) is 11.3 Å². The van der Waals surface area contributed by atoms with E-state index in [-0.39, 0.29) is 34.6 Å². The third-order valence-electron chi connectivity index (χ3n) is 3.44. The van der Waals surface area contributed by atoms with E-state index >= 15 is 0 Å². The third-order valence-corrected chi connectivity index (χ3v) is 4.53. The number of rotatable bonds is 7. The lowest BCUT2D eigenvalue weighted by Crippen LogP contribution is -2.15. The molecule has 1 amide bonds. The van der Waals surface area contributed by atoms with E-state index in [0.717, 1.165) is 4.47 Å².